The van der Waals surface area contributed by atoms with E-state index in [1.807, 2.05) is 0 Å². The van der Waals surface area contributed by atoms with Gasteiger partial charge in [0.05, 0.1) is 37.0 Å². The normalized spacial score (nSPS) is 15.5. The third-order valence-corrected chi connectivity index (χ3v) is 2.95. The molecule has 5 nitrogen and oxygen atoms in total. The van der Waals surface area contributed by atoms with Crippen LogP contribution in [0.4, 0.5) is 0 Å². The van der Waals surface area contributed by atoms with Crippen LogP contribution in [-0.4, -0.2) is 53.5 Å². The van der Waals surface area contributed by atoms with Crippen molar-refractivity contribution in [3.8, 4) is 0 Å². The summed E-state index contributed by atoms with van der Waals surface area (Å²) in [6.45, 7) is 0.346. The fourth-order valence-corrected chi connectivity index (χ4v) is 2.05. The topological polar surface area (TPSA) is 66.8 Å². The highest BCUT2D eigenvalue weighted by molar-refractivity contribution is 7.18. The van der Waals surface area contributed by atoms with Crippen LogP contribution in [0.3, 0.4) is 0 Å². The molecule has 0 saturated carbocycles. The van der Waals surface area contributed by atoms with Crippen molar-refractivity contribution >= 4 is 26.5 Å². The first-order chi connectivity index (χ1) is 9.15. The lowest BCUT2D eigenvalue weighted by molar-refractivity contribution is 0.0277. The van der Waals surface area contributed by atoms with E-state index in [0.29, 0.717) is 17.7 Å². The summed E-state index contributed by atoms with van der Waals surface area (Å²) in [5, 5.41) is 9.75. The second-order valence-corrected chi connectivity index (χ2v) is 4.57. The first-order valence-corrected chi connectivity index (χ1v) is 6.43. The van der Waals surface area contributed by atoms with Gasteiger partial charge in [0.2, 0.25) is 0 Å². The minimum absolute atomic E-state index is 0.0614. The molecule has 0 spiro atoms. The number of carbonyl (C=O) groups is 2. The van der Waals surface area contributed by atoms with Gasteiger partial charge in [0.25, 0.3) is 11.8 Å². The molecule has 1 aliphatic rings. The summed E-state index contributed by atoms with van der Waals surface area (Å²) in [5.41, 5.74) is 0.767. The summed E-state index contributed by atoms with van der Waals surface area (Å²) >= 11 is 0. The van der Waals surface area contributed by atoms with Crippen molar-refractivity contribution in [1.29, 1.82) is 0 Å². The molecule has 1 aliphatic heterocycles. The lowest BCUT2D eigenvalue weighted by Gasteiger charge is -2.18. The smallest absolute Gasteiger partial charge is 0.261 e. The fourth-order valence-electron chi connectivity index (χ4n) is 1.93. The number of fused-ring (bicyclic) bond motifs is 1. The van der Waals surface area contributed by atoms with Gasteiger partial charge in [0.1, 0.15) is 0 Å². The number of aliphatic hydroxyl groups is 1. The Balaban J connectivity index is 2.02. The Morgan fingerprint density at radius 3 is 2.37 bits per heavy atom. The molecule has 6 heteroatoms. The number of imide groups is 1. The Labute approximate surface area is 113 Å². The maximum absolute atomic E-state index is 12.0. The summed E-state index contributed by atoms with van der Waals surface area (Å²) in [6, 6.07) is 6.63. The summed E-state index contributed by atoms with van der Waals surface area (Å²) in [7, 11) is 3.12. The van der Waals surface area contributed by atoms with Crippen molar-refractivity contribution in [2.24, 2.45) is 0 Å². The van der Waals surface area contributed by atoms with Crippen LogP contribution < -0.4 is 0 Å². The lowest BCUT2D eigenvalue weighted by atomic mass is 10.1. The third kappa shape index (κ3) is 2.89. The van der Waals surface area contributed by atoms with Gasteiger partial charge in [-0.3, -0.25) is 14.5 Å². The van der Waals surface area contributed by atoms with E-state index in [0.717, 1.165) is 4.90 Å². The van der Waals surface area contributed by atoms with Gasteiger partial charge in [-0.25, -0.2) is 0 Å². The van der Waals surface area contributed by atoms with Crippen LogP contribution in [0.1, 0.15) is 20.7 Å². The van der Waals surface area contributed by atoms with E-state index in [1.54, 1.807) is 30.1 Å². The average molecular weight is 279 g/mol. The van der Waals surface area contributed by atoms with Crippen molar-refractivity contribution < 1.29 is 19.4 Å². The zero-order valence-corrected chi connectivity index (χ0v) is 11.2. The third-order valence-electron chi connectivity index (χ3n) is 2.78. The van der Waals surface area contributed by atoms with Gasteiger partial charge < -0.3 is 9.84 Å². The zero-order chi connectivity index (χ0) is 13.8. The molecule has 1 atom stereocenters. The van der Waals surface area contributed by atoms with Gasteiger partial charge in [-0.2, -0.15) is 0 Å². The maximum Gasteiger partial charge on any atom is 0.261 e. The number of carbonyl (C=O) groups excluding carboxylic acids is 2. The highest BCUT2D eigenvalue weighted by Crippen LogP contribution is 2.22. The molecule has 1 aromatic carbocycles. The van der Waals surface area contributed by atoms with E-state index in [1.165, 1.54) is 0 Å². The highest BCUT2D eigenvalue weighted by atomic mass is 31.0. The van der Waals surface area contributed by atoms with Crippen molar-refractivity contribution in [2.45, 2.75) is 6.10 Å². The number of aliphatic hydroxyl groups excluding tert-OH is 1. The number of amides is 2. The van der Waals surface area contributed by atoms with E-state index in [-0.39, 0.29) is 25.0 Å². The number of hydrogen-bond donors (Lipinski definition) is 1. The van der Waals surface area contributed by atoms with Gasteiger partial charge in [0, 0.05) is 0 Å². The largest absolute Gasteiger partial charge is 0.389 e. The average Bonchev–Trinajstić information content (AvgIpc) is 2.65. The van der Waals surface area contributed by atoms with E-state index >= 15 is 0 Å². The van der Waals surface area contributed by atoms with Crippen molar-refractivity contribution in [2.75, 3.05) is 19.8 Å². The molecule has 2 rings (SSSR count). The molecule has 0 radical (unpaired) electrons. The molecule has 2 amide bonds. The standard InChI is InChI=1S/C13H14NO4P/c15-9(8-18-5-6-19)7-14-12(16)10-3-1-2-4-11(10)13(14)17/h1-4,6,9,15,19H,5,7-8H2. The lowest BCUT2D eigenvalue weighted by Crippen LogP contribution is -2.38. The zero-order valence-electron chi connectivity index (χ0n) is 10.2. The summed E-state index contributed by atoms with van der Waals surface area (Å²) in [4.78, 5) is 25.1. The van der Waals surface area contributed by atoms with E-state index < -0.39 is 6.10 Å². The van der Waals surface area contributed by atoms with Gasteiger partial charge in [-0.15, -0.1) is 8.86 Å². The first kappa shape index (κ1) is 13.9. The Morgan fingerprint density at radius 2 is 1.84 bits per heavy atom. The number of β-amino-alcohol motifs (C(OH)–C–C–N with tert-alkyl or cyclic N) is 1. The second kappa shape index (κ2) is 6.06. The van der Waals surface area contributed by atoms with Crippen molar-refractivity contribution in [3.05, 3.63) is 35.4 Å². The van der Waals surface area contributed by atoms with Gasteiger partial charge in [0.15, 0.2) is 0 Å². The maximum atomic E-state index is 12.0. The van der Waals surface area contributed by atoms with Gasteiger partial charge in [-0.1, -0.05) is 12.1 Å². The van der Waals surface area contributed by atoms with Crippen molar-refractivity contribution in [1.82, 2.24) is 4.90 Å². The summed E-state index contributed by atoms with van der Waals surface area (Å²) < 4.78 is 5.10. The minimum atomic E-state index is -0.895. The monoisotopic (exact) mass is 279 g/mol. The predicted molar refractivity (Wildman–Crippen MR) is 73.0 cm³/mol. The van der Waals surface area contributed by atoms with Crippen LogP contribution in [0.2, 0.25) is 0 Å². The Kier molecular flexibility index (Phi) is 4.43. The number of hydrogen-bond acceptors (Lipinski definition) is 4. The fraction of sp³-hybridized carbons (Fsp3) is 0.308. The van der Waals surface area contributed by atoms with Gasteiger partial charge in [-0.05, 0) is 17.9 Å². The summed E-state index contributed by atoms with van der Waals surface area (Å²) in [5.74, 6) is 0.882. The molecule has 0 saturated heterocycles. The van der Waals surface area contributed by atoms with Crippen LogP contribution in [0.5, 0.6) is 0 Å². The molecule has 0 fully saturated rings. The molecule has 0 bridgehead atoms. The quantitative estimate of drug-likeness (QED) is 0.470. The molecule has 1 heterocycles. The molecule has 19 heavy (non-hydrogen) atoms. The van der Waals surface area contributed by atoms with Crippen LogP contribution >= 0.6 is 8.86 Å². The number of nitrogens with zero attached hydrogens (tertiary/aromatic N) is 1. The summed E-state index contributed by atoms with van der Waals surface area (Å²) in [6.07, 6.45) is -0.895. The Bertz CT molecular complexity index is 482. The first-order valence-electron chi connectivity index (χ1n) is 5.85. The second-order valence-electron chi connectivity index (χ2n) is 4.16. The minimum Gasteiger partial charge on any atom is -0.389 e. The molecular formula is C13H14NO4P. The SMILES string of the molecule is O=C1c2ccccc2C(=O)N1CC(O)COCC=P. The predicted octanol–water partition coefficient (Wildman–Crippen LogP) is 0.605. The van der Waals surface area contributed by atoms with Crippen LogP contribution in [-0.2, 0) is 4.74 Å². The molecular weight excluding hydrogens is 265 g/mol. The molecule has 1 N–H and O–H groups in total. The van der Waals surface area contributed by atoms with Crippen molar-refractivity contribution in [3.63, 3.8) is 0 Å². The molecule has 0 aliphatic carbocycles. The van der Waals surface area contributed by atoms with E-state index in [9.17, 15) is 14.7 Å². The van der Waals surface area contributed by atoms with Crippen LogP contribution in [0.15, 0.2) is 24.3 Å². The van der Waals surface area contributed by atoms with E-state index in [4.69, 9.17) is 4.74 Å². The Morgan fingerprint density at radius 1 is 1.26 bits per heavy atom. The Hall–Kier alpha value is -1.55. The van der Waals surface area contributed by atoms with E-state index in [2.05, 4.69) is 8.86 Å². The highest BCUT2D eigenvalue weighted by Gasteiger charge is 2.35. The van der Waals surface area contributed by atoms with Gasteiger partial charge >= 0.3 is 0 Å². The van der Waals surface area contributed by atoms with Crippen LogP contribution in [0, 0.1) is 0 Å². The molecule has 100 valence electrons. The number of rotatable bonds is 6. The molecule has 1 aromatic rings. The number of ether oxygens (including phenoxy) is 1. The number of benzene rings is 1. The molecule has 0 aromatic heterocycles. The van der Waals surface area contributed by atoms with Crippen LogP contribution in [0.25, 0.3) is 0 Å². The molecule has 1 unspecified atom stereocenters.